The van der Waals surface area contributed by atoms with Gasteiger partial charge in [0.25, 0.3) is 0 Å². The van der Waals surface area contributed by atoms with E-state index in [2.05, 4.69) is 15.0 Å². The SMILES string of the molecule is Nc1cccnc1Sc1ncnc2ccsc12. The molecule has 3 rings (SSSR count). The number of fused-ring (bicyclic) bond motifs is 1. The molecule has 0 bridgehead atoms. The van der Waals surface area contributed by atoms with Crippen LogP contribution in [0.5, 0.6) is 0 Å². The highest BCUT2D eigenvalue weighted by Gasteiger charge is 2.09. The van der Waals surface area contributed by atoms with Gasteiger partial charge in [-0.15, -0.1) is 11.3 Å². The largest absolute Gasteiger partial charge is 0.397 e. The lowest BCUT2D eigenvalue weighted by atomic mass is 10.4. The normalized spacial score (nSPS) is 10.8. The third-order valence-corrected chi connectivity index (χ3v) is 4.28. The predicted molar refractivity (Wildman–Crippen MR) is 70.2 cm³/mol. The maximum atomic E-state index is 5.86. The van der Waals surface area contributed by atoms with Crippen LogP contribution in [0.3, 0.4) is 0 Å². The van der Waals surface area contributed by atoms with Crippen molar-refractivity contribution in [2.45, 2.75) is 10.1 Å². The van der Waals surface area contributed by atoms with E-state index in [1.807, 2.05) is 23.6 Å². The zero-order valence-corrected chi connectivity index (χ0v) is 10.3. The third kappa shape index (κ3) is 1.96. The number of aromatic nitrogens is 3. The summed E-state index contributed by atoms with van der Waals surface area (Å²) in [5.74, 6) is 0. The van der Waals surface area contributed by atoms with Gasteiger partial charge >= 0.3 is 0 Å². The second-order valence-electron chi connectivity index (χ2n) is 3.31. The molecule has 3 aromatic rings. The minimum Gasteiger partial charge on any atom is -0.397 e. The van der Waals surface area contributed by atoms with Crippen molar-refractivity contribution in [2.75, 3.05) is 5.73 Å². The Morgan fingerprint density at radius 1 is 1.12 bits per heavy atom. The number of nitrogen functional groups attached to an aromatic ring is 1. The molecule has 0 aliphatic rings. The monoisotopic (exact) mass is 260 g/mol. The Kier molecular flexibility index (Phi) is 2.66. The van der Waals surface area contributed by atoms with Gasteiger partial charge in [-0.25, -0.2) is 15.0 Å². The summed E-state index contributed by atoms with van der Waals surface area (Å²) in [6.45, 7) is 0. The number of pyridine rings is 1. The topological polar surface area (TPSA) is 64.7 Å². The molecule has 0 radical (unpaired) electrons. The van der Waals surface area contributed by atoms with E-state index >= 15 is 0 Å². The zero-order valence-electron chi connectivity index (χ0n) is 8.70. The Morgan fingerprint density at radius 3 is 2.94 bits per heavy atom. The van der Waals surface area contributed by atoms with Gasteiger partial charge in [0.05, 0.1) is 15.9 Å². The first-order chi connectivity index (χ1) is 8.34. The Bertz CT molecular complexity index is 665. The van der Waals surface area contributed by atoms with Gasteiger partial charge in [-0.05, 0) is 35.3 Å². The minimum absolute atomic E-state index is 0.667. The van der Waals surface area contributed by atoms with Crippen molar-refractivity contribution in [2.24, 2.45) is 0 Å². The molecule has 0 fully saturated rings. The standard InChI is InChI=1S/C11H8N4S2/c12-7-2-1-4-13-10(7)17-11-9-8(3-5-16-9)14-6-15-11/h1-6H,12H2. The molecular weight excluding hydrogens is 252 g/mol. The number of hydrogen-bond donors (Lipinski definition) is 1. The fraction of sp³-hybridized carbons (Fsp3) is 0. The minimum atomic E-state index is 0.667. The molecule has 0 saturated carbocycles. The highest BCUT2D eigenvalue weighted by atomic mass is 32.2. The van der Waals surface area contributed by atoms with Crippen LogP contribution in [-0.4, -0.2) is 15.0 Å². The molecule has 0 aliphatic carbocycles. The Balaban J connectivity index is 2.06. The molecule has 6 heteroatoms. The van der Waals surface area contributed by atoms with Crippen LogP contribution in [0.1, 0.15) is 0 Å². The van der Waals surface area contributed by atoms with E-state index < -0.39 is 0 Å². The van der Waals surface area contributed by atoms with Gasteiger partial charge < -0.3 is 5.73 Å². The van der Waals surface area contributed by atoms with Crippen LogP contribution in [0.25, 0.3) is 10.2 Å². The lowest BCUT2D eigenvalue weighted by Gasteiger charge is -2.03. The highest BCUT2D eigenvalue weighted by Crippen LogP contribution is 2.34. The van der Waals surface area contributed by atoms with Crippen molar-refractivity contribution < 1.29 is 0 Å². The smallest absolute Gasteiger partial charge is 0.125 e. The molecule has 0 spiro atoms. The number of anilines is 1. The van der Waals surface area contributed by atoms with Crippen molar-refractivity contribution >= 4 is 39.0 Å². The van der Waals surface area contributed by atoms with Crippen LogP contribution in [0.15, 0.2) is 46.2 Å². The molecule has 0 saturated heterocycles. The number of rotatable bonds is 2. The van der Waals surface area contributed by atoms with Crippen LogP contribution in [-0.2, 0) is 0 Å². The molecule has 0 aliphatic heterocycles. The van der Waals surface area contributed by atoms with Gasteiger partial charge in [-0.3, -0.25) is 0 Å². The molecular formula is C11H8N4S2. The molecule has 84 valence electrons. The Hall–Kier alpha value is -1.66. The predicted octanol–water partition coefficient (Wildman–Crippen LogP) is 2.82. The summed E-state index contributed by atoms with van der Waals surface area (Å²) in [5, 5.41) is 3.68. The van der Waals surface area contributed by atoms with Crippen LogP contribution in [0, 0.1) is 0 Å². The molecule has 0 aromatic carbocycles. The van der Waals surface area contributed by atoms with E-state index in [1.54, 1.807) is 23.9 Å². The summed E-state index contributed by atoms with van der Waals surface area (Å²) in [6, 6.07) is 5.63. The summed E-state index contributed by atoms with van der Waals surface area (Å²) in [5.41, 5.74) is 7.49. The summed E-state index contributed by atoms with van der Waals surface area (Å²) in [4.78, 5) is 12.7. The number of nitrogens with zero attached hydrogens (tertiary/aromatic N) is 3. The maximum Gasteiger partial charge on any atom is 0.125 e. The first-order valence-corrected chi connectivity index (χ1v) is 6.61. The molecule has 4 nitrogen and oxygen atoms in total. The maximum absolute atomic E-state index is 5.86. The molecule has 0 unspecified atom stereocenters. The van der Waals surface area contributed by atoms with Gasteiger partial charge in [0.15, 0.2) is 0 Å². The van der Waals surface area contributed by atoms with E-state index in [4.69, 9.17) is 5.73 Å². The van der Waals surface area contributed by atoms with E-state index in [0.29, 0.717) is 5.69 Å². The average Bonchev–Trinajstić information content (AvgIpc) is 2.81. The van der Waals surface area contributed by atoms with Crippen molar-refractivity contribution in [1.82, 2.24) is 15.0 Å². The van der Waals surface area contributed by atoms with Crippen LogP contribution >= 0.6 is 23.1 Å². The van der Waals surface area contributed by atoms with Crippen LogP contribution in [0.4, 0.5) is 5.69 Å². The van der Waals surface area contributed by atoms with Gasteiger partial charge in [0.2, 0.25) is 0 Å². The molecule has 2 N–H and O–H groups in total. The molecule has 0 amide bonds. The summed E-state index contributed by atoms with van der Waals surface area (Å²) < 4.78 is 1.07. The zero-order chi connectivity index (χ0) is 11.7. The fourth-order valence-electron chi connectivity index (χ4n) is 1.42. The van der Waals surface area contributed by atoms with Gasteiger partial charge in [-0.1, -0.05) is 0 Å². The van der Waals surface area contributed by atoms with Crippen molar-refractivity contribution in [1.29, 1.82) is 0 Å². The first-order valence-electron chi connectivity index (χ1n) is 4.91. The lowest BCUT2D eigenvalue weighted by molar-refractivity contribution is 1.09. The fourth-order valence-corrected chi connectivity index (χ4v) is 3.20. The van der Waals surface area contributed by atoms with Crippen LogP contribution in [0.2, 0.25) is 0 Å². The Labute approximate surface area is 106 Å². The molecule has 17 heavy (non-hydrogen) atoms. The summed E-state index contributed by atoms with van der Waals surface area (Å²) >= 11 is 3.10. The first kappa shape index (κ1) is 10.5. The van der Waals surface area contributed by atoms with Crippen molar-refractivity contribution in [3.63, 3.8) is 0 Å². The van der Waals surface area contributed by atoms with Crippen molar-refractivity contribution in [3.8, 4) is 0 Å². The number of thiophene rings is 1. The molecule has 0 atom stereocenters. The van der Waals surface area contributed by atoms with E-state index in [0.717, 1.165) is 20.3 Å². The number of nitrogens with two attached hydrogens (primary N) is 1. The van der Waals surface area contributed by atoms with E-state index in [-0.39, 0.29) is 0 Å². The van der Waals surface area contributed by atoms with E-state index in [9.17, 15) is 0 Å². The van der Waals surface area contributed by atoms with Crippen molar-refractivity contribution in [3.05, 3.63) is 36.1 Å². The second kappa shape index (κ2) is 4.31. The van der Waals surface area contributed by atoms with E-state index in [1.165, 1.54) is 11.8 Å². The third-order valence-electron chi connectivity index (χ3n) is 2.20. The molecule has 3 aromatic heterocycles. The van der Waals surface area contributed by atoms with Gasteiger partial charge in [0.1, 0.15) is 16.4 Å². The quantitative estimate of drug-likeness (QED) is 0.718. The summed E-state index contributed by atoms with van der Waals surface area (Å²) in [7, 11) is 0. The van der Waals surface area contributed by atoms with Crippen LogP contribution < -0.4 is 5.73 Å². The average molecular weight is 260 g/mol. The lowest BCUT2D eigenvalue weighted by Crippen LogP contribution is -1.91. The van der Waals surface area contributed by atoms with Gasteiger partial charge in [-0.2, -0.15) is 0 Å². The summed E-state index contributed by atoms with van der Waals surface area (Å²) in [6.07, 6.45) is 3.29. The second-order valence-corrected chi connectivity index (χ2v) is 5.21. The van der Waals surface area contributed by atoms with Gasteiger partial charge in [0, 0.05) is 6.20 Å². The molecule has 3 heterocycles. The Morgan fingerprint density at radius 2 is 2.06 bits per heavy atom. The number of hydrogen-bond acceptors (Lipinski definition) is 6. The highest BCUT2D eigenvalue weighted by molar-refractivity contribution is 7.99.